The van der Waals surface area contributed by atoms with Crippen LogP contribution in [0.5, 0.6) is 0 Å². The van der Waals surface area contributed by atoms with Crippen LogP contribution in [-0.4, -0.2) is 22.1 Å². The van der Waals surface area contributed by atoms with Crippen LogP contribution in [0.3, 0.4) is 0 Å². The van der Waals surface area contributed by atoms with E-state index in [1.807, 2.05) is 24.5 Å². The van der Waals surface area contributed by atoms with Gasteiger partial charge >= 0.3 is 5.97 Å². The predicted molar refractivity (Wildman–Crippen MR) is 74.9 cm³/mol. The number of hydrogen-bond acceptors (Lipinski definition) is 4. The molecule has 0 aliphatic rings. The fraction of sp³-hybridized carbons (Fsp3) is 0.429. The highest BCUT2D eigenvalue weighted by molar-refractivity contribution is 5.80. The Labute approximate surface area is 112 Å². The molecule has 102 valence electrons. The summed E-state index contributed by atoms with van der Waals surface area (Å²) >= 11 is 0. The second kappa shape index (κ2) is 5.30. The summed E-state index contributed by atoms with van der Waals surface area (Å²) in [5.74, 6) is 0.219. The van der Waals surface area contributed by atoms with Gasteiger partial charge in [-0.2, -0.15) is 0 Å². The number of nitrogens with two attached hydrogens (primary N) is 1. The number of aryl methyl sites for hydroxylation is 3. The van der Waals surface area contributed by atoms with Crippen molar-refractivity contribution >= 4 is 23.0 Å². The molecule has 5 nitrogen and oxygen atoms in total. The van der Waals surface area contributed by atoms with E-state index in [1.165, 1.54) is 11.1 Å². The lowest BCUT2D eigenvalue weighted by Crippen LogP contribution is -2.10. The van der Waals surface area contributed by atoms with Gasteiger partial charge < -0.3 is 15.0 Å². The average Bonchev–Trinajstić information content (AvgIpc) is 2.63. The van der Waals surface area contributed by atoms with E-state index in [9.17, 15) is 4.79 Å². The second-order valence-electron chi connectivity index (χ2n) is 4.60. The number of benzene rings is 1. The minimum absolute atomic E-state index is 0.215. The van der Waals surface area contributed by atoms with E-state index < -0.39 is 0 Å². The Morgan fingerprint density at radius 2 is 2.05 bits per heavy atom. The first-order valence-electron chi connectivity index (χ1n) is 6.41. The average molecular weight is 261 g/mol. The number of ether oxygens (including phenoxy) is 1. The number of imidazole rings is 1. The van der Waals surface area contributed by atoms with E-state index in [1.54, 1.807) is 6.92 Å². The molecule has 1 heterocycles. The normalized spacial score (nSPS) is 10.9. The maximum atomic E-state index is 11.4. The Morgan fingerprint density at radius 3 is 2.74 bits per heavy atom. The highest BCUT2D eigenvalue weighted by Crippen LogP contribution is 2.22. The van der Waals surface area contributed by atoms with Gasteiger partial charge in [-0.05, 0) is 44.0 Å². The molecule has 0 fully saturated rings. The molecule has 2 rings (SSSR count). The van der Waals surface area contributed by atoms with Crippen LogP contribution in [0.2, 0.25) is 0 Å². The number of rotatable bonds is 4. The number of anilines is 1. The fourth-order valence-corrected chi connectivity index (χ4v) is 2.07. The van der Waals surface area contributed by atoms with Crippen molar-refractivity contribution in [1.82, 2.24) is 9.55 Å². The molecule has 2 N–H and O–H groups in total. The number of aromatic nitrogens is 2. The molecule has 5 heteroatoms. The standard InChI is InChI=1S/C14H19N3O2/c1-4-19-13(18)5-6-17-12-8-10(3)9(2)7-11(12)16-14(17)15/h7-8H,4-6H2,1-3H3,(H2,15,16). The summed E-state index contributed by atoms with van der Waals surface area (Å²) in [6, 6.07) is 4.07. The van der Waals surface area contributed by atoms with E-state index >= 15 is 0 Å². The van der Waals surface area contributed by atoms with Gasteiger partial charge in [0.1, 0.15) is 0 Å². The number of hydrogen-bond donors (Lipinski definition) is 1. The van der Waals surface area contributed by atoms with Gasteiger partial charge in [0, 0.05) is 6.54 Å². The van der Waals surface area contributed by atoms with Crippen molar-refractivity contribution in [3.8, 4) is 0 Å². The summed E-state index contributed by atoms with van der Waals surface area (Å²) in [4.78, 5) is 15.7. The van der Waals surface area contributed by atoms with Crippen molar-refractivity contribution in [2.45, 2.75) is 33.7 Å². The monoisotopic (exact) mass is 261 g/mol. The van der Waals surface area contributed by atoms with Crippen molar-refractivity contribution in [3.05, 3.63) is 23.3 Å². The number of carbonyl (C=O) groups excluding carboxylic acids is 1. The predicted octanol–water partition coefficient (Wildman–Crippen LogP) is 2.19. The van der Waals surface area contributed by atoms with Gasteiger partial charge in [-0.25, -0.2) is 4.98 Å². The zero-order valence-electron chi connectivity index (χ0n) is 11.6. The molecule has 0 aliphatic carbocycles. The first-order chi connectivity index (χ1) is 9.02. The lowest BCUT2D eigenvalue weighted by atomic mass is 10.1. The van der Waals surface area contributed by atoms with Crippen LogP contribution in [-0.2, 0) is 16.1 Å². The van der Waals surface area contributed by atoms with E-state index in [4.69, 9.17) is 10.5 Å². The Bertz CT molecular complexity index is 617. The minimum Gasteiger partial charge on any atom is -0.466 e. The summed E-state index contributed by atoms with van der Waals surface area (Å²) in [6.45, 7) is 6.78. The number of carbonyl (C=O) groups is 1. The van der Waals surface area contributed by atoms with E-state index in [0.717, 1.165) is 11.0 Å². The molecule has 0 unspecified atom stereocenters. The maximum absolute atomic E-state index is 11.4. The van der Waals surface area contributed by atoms with Crippen LogP contribution in [0.4, 0.5) is 5.95 Å². The van der Waals surface area contributed by atoms with Crippen LogP contribution >= 0.6 is 0 Å². The Morgan fingerprint density at radius 1 is 1.37 bits per heavy atom. The fourth-order valence-electron chi connectivity index (χ4n) is 2.07. The third-order valence-corrected chi connectivity index (χ3v) is 3.24. The summed E-state index contributed by atoms with van der Waals surface area (Å²) in [5, 5.41) is 0. The van der Waals surface area contributed by atoms with E-state index in [0.29, 0.717) is 25.5 Å². The van der Waals surface area contributed by atoms with E-state index in [-0.39, 0.29) is 5.97 Å². The Kier molecular flexibility index (Phi) is 3.74. The molecule has 0 spiro atoms. The van der Waals surface area contributed by atoms with Gasteiger partial charge in [-0.1, -0.05) is 0 Å². The topological polar surface area (TPSA) is 70.1 Å². The van der Waals surface area contributed by atoms with Crippen LogP contribution in [0.1, 0.15) is 24.5 Å². The molecular formula is C14H19N3O2. The SMILES string of the molecule is CCOC(=O)CCn1c(N)nc2cc(C)c(C)cc21. The van der Waals surface area contributed by atoms with Gasteiger partial charge in [0.2, 0.25) is 5.95 Å². The van der Waals surface area contributed by atoms with Gasteiger partial charge in [0.15, 0.2) is 0 Å². The molecule has 2 aromatic rings. The van der Waals surface area contributed by atoms with Crippen LogP contribution in [0.15, 0.2) is 12.1 Å². The van der Waals surface area contributed by atoms with Crippen LogP contribution < -0.4 is 5.73 Å². The molecule has 0 aliphatic heterocycles. The molecular weight excluding hydrogens is 242 g/mol. The zero-order chi connectivity index (χ0) is 14.0. The first kappa shape index (κ1) is 13.4. The molecule has 19 heavy (non-hydrogen) atoms. The molecule has 0 radical (unpaired) electrons. The van der Waals surface area contributed by atoms with Gasteiger partial charge in [0.05, 0.1) is 24.1 Å². The summed E-state index contributed by atoms with van der Waals surface area (Å²) in [6.07, 6.45) is 0.302. The van der Waals surface area contributed by atoms with Crippen molar-refractivity contribution in [2.75, 3.05) is 12.3 Å². The molecule has 1 aromatic heterocycles. The summed E-state index contributed by atoms with van der Waals surface area (Å²) in [5.41, 5.74) is 10.1. The van der Waals surface area contributed by atoms with Crippen molar-refractivity contribution in [3.63, 3.8) is 0 Å². The maximum Gasteiger partial charge on any atom is 0.307 e. The molecule has 0 saturated carbocycles. The van der Waals surface area contributed by atoms with Crippen molar-refractivity contribution < 1.29 is 9.53 Å². The summed E-state index contributed by atoms with van der Waals surface area (Å²) < 4.78 is 6.78. The van der Waals surface area contributed by atoms with Gasteiger partial charge in [0.25, 0.3) is 0 Å². The first-order valence-corrected chi connectivity index (χ1v) is 6.41. The lowest BCUT2D eigenvalue weighted by molar-refractivity contribution is -0.143. The molecule has 0 saturated heterocycles. The smallest absolute Gasteiger partial charge is 0.307 e. The van der Waals surface area contributed by atoms with Gasteiger partial charge in [-0.3, -0.25) is 4.79 Å². The number of nitrogens with zero attached hydrogens (tertiary/aromatic N) is 2. The van der Waals surface area contributed by atoms with Crippen molar-refractivity contribution in [2.24, 2.45) is 0 Å². The zero-order valence-corrected chi connectivity index (χ0v) is 11.6. The summed E-state index contributed by atoms with van der Waals surface area (Å²) in [7, 11) is 0. The number of esters is 1. The Hall–Kier alpha value is -2.04. The largest absolute Gasteiger partial charge is 0.466 e. The Balaban J connectivity index is 2.30. The lowest BCUT2D eigenvalue weighted by Gasteiger charge is -2.07. The minimum atomic E-state index is -0.215. The highest BCUT2D eigenvalue weighted by atomic mass is 16.5. The molecule has 0 amide bonds. The third kappa shape index (κ3) is 2.70. The van der Waals surface area contributed by atoms with Crippen LogP contribution in [0, 0.1) is 13.8 Å². The molecule has 0 bridgehead atoms. The van der Waals surface area contributed by atoms with Gasteiger partial charge in [-0.15, -0.1) is 0 Å². The second-order valence-corrected chi connectivity index (χ2v) is 4.60. The number of fused-ring (bicyclic) bond motifs is 1. The van der Waals surface area contributed by atoms with Crippen molar-refractivity contribution in [1.29, 1.82) is 0 Å². The molecule has 0 atom stereocenters. The van der Waals surface area contributed by atoms with Crippen LogP contribution in [0.25, 0.3) is 11.0 Å². The quantitative estimate of drug-likeness (QED) is 0.856. The molecule has 1 aromatic carbocycles. The highest BCUT2D eigenvalue weighted by Gasteiger charge is 2.11. The van der Waals surface area contributed by atoms with E-state index in [2.05, 4.69) is 11.1 Å². The third-order valence-electron chi connectivity index (χ3n) is 3.24. The number of nitrogen functional groups attached to an aromatic ring is 1.